The minimum absolute atomic E-state index is 0.125. The van der Waals surface area contributed by atoms with Crippen LogP contribution in [0.4, 0.5) is 10.5 Å². The van der Waals surface area contributed by atoms with Crippen molar-refractivity contribution >= 4 is 30.5 Å². The summed E-state index contributed by atoms with van der Waals surface area (Å²) in [6, 6.07) is 6.51. The molecule has 0 saturated heterocycles. The Morgan fingerprint density at radius 3 is 2.44 bits per heavy atom. The van der Waals surface area contributed by atoms with Crippen LogP contribution in [0.3, 0.4) is 0 Å². The molecule has 0 aliphatic heterocycles. The van der Waals surface area contributed by atoms with Crippen LogP contribution in [0, 0.1) is 0 Å². The fourth-order valence-corrected chi connectivity index (χ4v) is 2.70. The van der Waals surface area contributed by atoms with Crippen LogP contribution in [0.25, 0.3) is 0 Å². The highest BCUT2D eigenvalue weighted by atomic mass is 35.5. The van der Waals surface area contributed by atoms with Gasteiger partial charge in [-0.05, 0) is 32.0 Å². The lowest BCUT2D eigenvalue weighted by Crippen LogP contribution is -2.14. The average Bonchev–Trinajstić information content (AvgIpc) is 2.29. The number of hydrogen-bond acceptors (Lipinski definition) is 4. The Labute approximate surface area is 111 Å². The van der Waals surface area contributed by atoms with E-state index < -0.39 is 13.2 Å². The molecular formula is C11H15ClNO4P. The Bertz CT molecular complexity index is 456. The number of carbonyl (C=O) groups is 1. The summed E-state index contributed by atoms with van der Waals surface area (Å²) < 4.78 is 22.0. The van der Waals surface area contributed by atoms with E-state index in [2.05, 4.69) is 5.32 Å². The summed E-state index contributed by atoms with van der Waals surface area (Å²) in [4.78, 5) is 11.9. The van der Waals surface area contributed by atoms with E-state index in [1.807, 2.05) is 0 Å². The molecule has 0 heterocycles. The second-order valence-corrected chi connectivity index (χ2v) is 5.63. The number of benzene rings is 1. The quantitative estimate of drug-likeness (QED) is 0.800. The number of carbonyl (C=O) groups excluding carboxylic acids is 1. The van der Waals surface area contributed by atoms with Gasteiger partial charge in [0.2, 0.25) is 0 Å². The molecule has 0 aliphatic rings. The van der Waals surface area contributed by atoms with Crippen molar-refractivity contribution in [2.75, 3.05) is 18.5 Å². The molecule has 1 aromatic carbocycles. The Hall–Kier alpha value is -0.870. The predicted molar refractivity (Wildman–Crippen MR) is 71.3 cm³/mol. The molecule has 1 N–H and O–H groups in total. The van der Waals surface area contributed by atoms with Gasteiger partial charge in [0.05, 0.1) is 13.2 Å². The van der Waals surface area contributed by atoms with E-state index in [1.54, 1.807) is 38.1 Å². The molecule has 0 atom stereocenters. The standard InChI is InChI=1S/C11H15ClNO4P/c1-3-16-18(15,17-4-2)11(14)13-10-7-5-6-9(12)8-10/h5-8H,3-4H2,1-2H3,(H,13,14). The van der Waals surface area contributed by atoms with E-state index in [4.69, 9.17) is 20.6 Å². The molecule has 1 amide bonds. The number of anilines is 1. The van der Waals surface area contributed by atoms with Crippen LogP contribution in [0.5, 0.6) is 0 Å². The Morgan fingerprint density at radius 2 is 1.94 bits per heavy atom. The summed E-state index contributed by atoms with van der Waals surface area (Å²) in [5.41, 5.74) is -0.361. The van der Waals surface area contributed by atoms with Crippen molar-refractivity contribution in [3.8, 4) is 0 Å². The minimum Gasteiger partial charge on any atom is -0.315 e. The molecular weight excluding hydrogens is 277 g/mol. The second-order valence-electron chi connectivity index (χ2n) is 3.27. The van der Waals surface area contributed by atoms with Gasteiger partial charge in [-0.25, -0.2) is 4.57 Å². The fraction of sp³-hybridized carbons (Fsp3) is 0.364. The number of hydrogen-bond donors (Lipinski definition) is 1. The van der Waals surface area contributed by atoms with Gasteiger partial charge in [-0.15, -0.1) is 0 Å². The highest BCUT2D eigenvalue weighted by molar-refractivity contribution is 7.72. The molecule has 18 heavy (non-hydrogen) atoms. The first kappa shape index (κ1) is 15.2. The molecule has 7 heteroatoms. The molecule has 0 unspecified atom stereocenters. The van der Waals surface area contributed by atoms with Gasteiger partial charge in [0.15, 0.2) is 0 Å². The Morgan fingerprint density at radius 1 is 1.33 bits per heavy atom. The molecule has 0 bridgehead atoms. The third kappa shape index (κ3) is 4.10. The van der Waals surface area contributed by atoms with Crippen molar-refractivity contribution in [1.82, 2.24) is 0 Å². The number of nitrogens with one attached hydrogen (secondary N) is 1. The highest BCUT2D eigenvalue weighted by Gasteiger charge is 2.34. The lowest BCUT2D eigenvalue weighted by Gasteiger charge is -2.16. The van der Waals surface area contributed by atoms with E-state index in [-0.39, 0.29) is 13.2 Å². The summed E-state index contributed by atoms with van der Waals surface area (Å²) in [6.07, 6.45) is 0. The first-order chi connectivity index (χ1) is 8.51. The second kappa shape index (κ2) is 6.90. The van der Waals surface area contributed by atoms with Crippen LogP contribution in [-0.2, 0) is 13.6 Å². The van der Waals surface area contributed by atoms with Crippen molar-refractivity contribution < 1.29 is 18.4 Å². The van der Waals surface area contributed by atoms with Crippen LogP contribution in [0.1, 0.15) is 13.8 Å². The maximum absolute atomic E-state index is 12.1. The number of halogens is 1. The van der Waals surface area contributed by atoms with E-state index in [9.17, 15) is 9.36 Å². The summed E-state index contributed by atoms with van der Waals surface area (Å²) in [5, 5.41) is 2.92. The third-order valence-electron chi connectivity index (χ3n) is 1.92. The minimum atomic E-state index is -3.78. The van der Waals surface area contributed by atoms with E-state index in [0.29, 0.717) is 10.7 Å². The van der Waals surface area contributed by atoms with Crippen LogP contribution < -0.4 is 5.32 Å². The van der Waals surface area contributed by atoms with Crippen LogP contribution in [0.2, 0.25) is 5.02 Å². The molecule has 0 radical (unpaired) electrons. The first-order valence-electron chi connectivity index (χ1n) is 5.48. The van der Waals surface area contributed by atoms with Gasteiger partial charge in [0.25, 0.3) is 0 Å². The van der Waals surface area contributed by atoms with Crippen LogP contribution >= 0.6 is 19.2 Å². The molecule has 0 saturated carbocycles. The molecule has 100 valence electrons. The van der Waals surface area contributed by atoms with Gasteiger partial charge in [-0.3, -0.25) is 4.79 Å². The molecule has 0 aromatic heterocycles. The van der Waals surface area contributed by atoms with Gasteiger partial charge in [-0.2, -0.15) is 0 Å². The van der Waals surface area contributed by atoms with E-state index in [1.165, 1.54) is 0 Å². The summed E-state index contributed by atoms with van der Waals surface area (Å²) in [5.74, 6) is 0. The third-order valence-corrected chi connectivity index (χ3v) is 3.96. The van der Waals surface area contributed by atoms with Gasteiger partial charge in [-0.1, -0.05) is 17.7 Å². The van der Waals surface area contributed by atoms with Crippen molar-refractivity contribution in [3.63, 3.8) is 0 Å². The highest BCUT2D eigenvalue weighted by Crippen LogP contribution is 2.49. The fourth-order valence-electron chi connectivity index (χ4n) is 1.25. The normalized spacial score (nSPS) is 11.3. The SMILES string of the molecule is CCOP(=O)(OCC)C(=O)Nc1cccc(Cl)c1. The largest absolute Gasteiger partial charge is 0.418 e. The van der Waals surface area contributed by atoms with Crippen molar-refractivity contribution in [3.05, 3.63) is 29.3 Å². The number of amides is 1. The predicted octanol–water partition coefficient (Wildman–Crippen LogP) is 4.14. The zero-order chi connectivity index (χ0) is 13.6. The zero-order valence-corrected chi connectivity index (χ0v) is 11.8. The summed E-state index contributed by atoms with van der Waals surface area (Å²) >= 11 is 5.78. The maximum Gasteiger partial charge on any atom is 0.418 e. The van der Waals surface area contributed by atoms with Crippen molar-refractivity contribution in [2.24, 2.45) is 0 Å². The average molecular weight is 292 g/mol. The Balaban J connectivity index is 2.82. The summed E-state index contributed by atoms with van der Waals surface area (Å²) in [7, 11) is -3.78. The smallest absolute Gasteiger partial charge is 0.315 e. The molecule has 0 aliphatic carbocycles. The van der Waals surface area contributed by atoms with Crippen molar-refractivity contribution in [2.45, 2.75) is 13.8 Å². The van der Waals surface area contributed by atoms with Gasteiger partial charge < -0.3 is 14.4 Å². The van der Waals surface area contributed by atoms with Crippen LogP contribution in [-0.4, -0.2) is 18.9 Å². The number of rotatable bonds is 6. The van der Waals surface area contributed by atoms with Crippen molar-refractivity contribution in [1.29, 1.82) is 0 Å². The van der Waals surface area contributed by atoms with Gasteiger partial charge in [0.1, 0.15) is 0 Å². The molecule has 5 nitrogen and oxygen atoms in total. The molecule has 0 spiro atoms. The van der Waals surface area contributed by atoms with Gasteiger partial charge in [0, 0.05) is 10.7 Å². The molecule has 0 fully saturated rings. The Kier molecular flexibility index (Phi) is 5.82. The summed E-state index contributed by atoms with van der Waals surface area (Å²) in [6.45, 7) is 3.52. The zero-order valence-electron chi connectivity index (χ0n) is 10.2. The topological polar surface area (TPSA) is 64.6 Å². The molecule has 1 aromatic rings. The maximum atomic E-state index is 12.1. The van der Waals surface area contributed by atoms with E-state index in [0.717, 1.165) is 0 Å². The van der Waals surface area contributed by atoms with Gasteiger partial charge >= 0.3 is 13.2 Å². The lowest BCUT2D eigenvalue weighted by molar-refractivity contribution is 0.212. The molecule has 1 rings (SSSR count). The lowest BCUT2D eigenvalue weighted by atomic mass is 10.3. The monoisotopic (exact) mass is 291 g/mol. The first-order valence-corrected chi connectivity index (χ1v) is 7.40. The van der Waals surface area contributed by atoms with E-state index >= 15 is 0 Å². The van der Waals surface area contributed by atoms with Crippen LogP contribution in [0.15, 0.2) is 24.3 Å².